The third-order valence-corrected chi connectivity index (χ3v) is 6.05. The first kappa shape index (κ1) is 20.9. The second-order valence-corrected chi connectivity index (χ2v) is 8.29. The van der Waals surface area contributed by atoms with Crippen molar-refractivity contribution in [2.24, 2.45) is 7.05 Å². The fourth-order valence-corrected chi connectivity index (χ4v) is 4.21. The molecule has 0 fully saturated rings. The minimum absolute atomic E-state index is 0.194. The summed E-state index contributed by atoms with van der Waals surface area (Å²) in [5.74, 6) is 2.02. The number of furan rings is 1. The number of hydrogen-bond donors (Lipinski definition) is 1. The molecule has 1 aliphatic heterocycles. The largest absolute Gasteiger partial charge is 0.486 e. The third kappa shape index (κ3) is 4.35. The predicted molar refractivity (Wildman–Crippen MR) is 126 cm³/mol. The molecule has 0 saturated carbocycles. The molecular formula is C26H26N4O3. The zero-order valence-corrected chi connectivity index (χ0v) is 18.7. The molecule has 0 radical (unpaired) electrons. The van der Waals surface area contributed by atoms with E-state index in [1.807, 2.05) is 48.1 Å². The van der Waals surface area contributed by atoms with Crippen LogP contribution in [0.15, 0.2) is 77.7 Å². The molecule has 1 atom stereocenters. The SMILES string of the molecule is CC1Cc2ccccc2N1Cc1occc1C(=O)Nc1ccc(OCc2nccn2C)cc1. The van der Waals surface area contributed by atoms with Crippen molar-refractivity contribution in [3.05, 3.63) is 96.0 Å². The summed E-state index contributed by atoms with van der Waals surface area (Å²) in [5.41, 5.74) is 3.76. The van der Waals surface area contributed by atoms with Crippen LogP contribution in [0.25, 0.3) is 0 Å². The molecule has 1 amide bonds. The number of hydrogen-bond acceptors (Lipinski definition) is 5. The van der Waals surface area contributed by atoms with Crippen molar-refractivity contribution in [3.8, 4) is 5.75 Å². The van der Waals surface area contributed by atoms with Gasteiger partial charge in [-0.25, -0.2) is 4.98 Å². The van der Waals surface area contributed by atoms with E-state index in [0.29, 0.717) is 42.0 Å². The molecule has 7 nitrogen and oxygen atoms in total. The molecule has 0 bridgehead atoms. The van der Waals surface area contributed by atoms with Crippen LogP contribution in [0.1, 0.15) is 34.4 Å². The van der Waals surface area contributed by atoms with E-state index < -0.39 is 0 Å². The maximum Gasteiger partial charge on any atom is 0.259 e. The van der Waals surface area contributed by atoms with Gasteiger partial charge in [0, 0.05) is 36.9 Å². The highest BCUT2D eigenvalue weighted by Crippen LogP contribution is 2.33. The van der Waals surface area contributed by atoms with E-state index in [0.717, 1.165) is 12.2 Å². The molecule has 5 rings (SSSR count). The molecule has 33 heavy (non-hydrogen) atoms. The number of aromatic nitrogens is 2. The second kappa shape index (κ2) is 8.86. The number of amides is 1. The highest BCUT2D eigenvalue weighted by Gasteiger charge is 2.28. The van der Waals surface area contributed by atoms with Gasteiger partial charge in [-0.15, -0.1) is 0 Å². The van der Waals surface area contributed by atoms with E-state index in [-0.39, 0.29) is 5.91 Å². The number of aryl methyl sites for hydroxylation is 1. The number of para-hydroxylation sites is 1. The van der Waals surface area contributed by atoms with Crippen LogP contribution in [0.2, 0.25) is 0 Å². The summed E-state index contributed by atoms with van der Waals surface area (Å²) in [4.78, 5) is 19.5. The van der Waals surface area contributed by atoms with Crippen LogP contribution < -0.4 is 15.0 Å². The van der Waals surface area contributed by atoms with Crippen molar-refractivity contribution in [2.45, 2.75) is 32.5 Å². The third-order valence-electron chi connectivity index (χ3n) is 6.05. The monoisotopic (exact) mass is 442 g/mol. The van der Waals surface area contributed by atoms with Crippen LogP contribution in [0, 0.1) is 0 Å². The minimum atomic E-state index is -0.194. The molecule has 0 aliphatic carbocycles. The first-order valence-electron chi connectivity index (χ1n) is 11.0. The van der Waals surface area contributed by atoms with Crippen LogP contribution in [0.4, 0.5) is 11.4 Å². The molecule has 2 aromatic heterocycles. The highest BCUT2D eigenvalue weighted by atomic mass is 16.5. The van der Waals surface area contributed by atoms with Crippen LogP contribution in [-0.4, -0.2) is 21.5 Å². The Morgan fingerprint density at radius 3 is 2.79 bits per heavy atom. The Kier molecular flexibility index (Phi) is 5.60. The predicted octanol–water partition coefficient (Wildman–Crippen LogP) is 4.80. The summed E-state index contributed by atoms with van der Waals surface area (Å²) in [6.07, 6.45) is 6.19. The van der Waals surface area contributed by atoms with Gasteiger partial charge in [-0.2, -0.15) is 0 Å². The van der Waals surface area contributed by atoms with Gasteiger partial charge in [0.1, 0.15) is 23.9 Å². The smallest absolute Gasteiger partial charge is 0.259 e. The normalized spacial score (nSPS) is 14.8. The van der Waals surface area contributed by atoms with Gasteiger partial charge in [0.2, 0.25) is 0 Å². The summed E-state index contributed by atoms with van der Waals surface area (Å²) < 4.78 is 13.4. The minimum Gasteiger partial charge on any atom is -0.486 e. The van der Waals surface area contributed by atoms with E-state index in [1.54, 1.807) is 18.5 Å². The van der Waals surface area contributed by atoms with E-state index in [4.69, 9.17) is 9.15 Å². The van der Waals surface area contributed by atoms with Crippen molar-refractivity contribution in [2.75, 3.05) is 10.2 Å². The molecule has 0 saturated heterocycles. The lowest BCUT2D eigenvalue weighted by Crippen LogP contribution is -2.29. The van der Waals surface area contributed by atoms with Crippen molar-refractivity contribution in [1.29, 1.82) is 0 Å². The molecule has 3 heterocycles. The van der Waals surface area contributed by atoms with Gasteiger partial charge in [0.15, 0.2) is 0 Å². The molecule has 1 aliphatic rings. The Morgan fingerprint density at radius 1 is 1.18 bits per heavy atom. The summed E-state index contributed by atoms with van der Waals surface area (Å²) in [5, 5.41) is 2.96. The fraction of sp³-hybridized carbons (Fsp3) is 0.231. The number of rotatable bonds is 7. The number of nitrogens with one attached hydrogen (secondary N) is 1. The van der Waals surface area contributed by atoms with E-state index in [1.165, 1.54) is 11.3 Å². The quantitative estimate of drug-likeness (QED) is 0.445. The van der Waals surface area contributed by atoms with E-state index >= 15 is 0 Å². The molecule has 2 aromatic carbocycles. The molecule has 1 unspecified atom stereocenters. The number of benzene rings is 2. The Bertz CT molecular complexity index is 1260. The molecule has 168 valence electrons. The lowest BCUT2D eigenvalue weighted by molar-refractivity contribution is 0.102. The standard InChI is InChI=1S/C26H26N4O3/c1-18-15-19-5-3-4-6-23(19)30(18)16-24-22(11-14-32-24)26(31)28-20-7-9-21(10-8-20)33-17-25-27-12-13-29(25)2/h3-14,18H,15-17H2,1-2H3,(H,28,31). The van der Waals surface area contributed by atoms with Crippen LogP contribution in [0.5, 0.6) is 5.75 Å². The molecule has 4 aromatic rings. The van der Waals surface area contributed by atoms with Crippen LogP contribution in [0.3, 0.4) is 0 Å². The van der Waals surface area contributed by atoms with Gasteiger partial charge in [0.05, 0.1) is 18.4 Å². The first-order chi connectivity index (χ1) is 16.1. The summed E-state index contributed by atoms with van der Waals surface area (Å²) >= 11 is 0. The number of carbonyl (C=O) groups excluding carboxylic acids is 1. The van der Waals surface area contributed by atoms with Crippen molar-refractivity contribution in [1.82, 2.24) is 9.55 Å². The first-order valence-corrected chi connectivity index (χ1v) is 11.0. The Balaban J connectivity index is 1.23. The lowest BCUT2D eigenvalue weighted by Gasteiger charge is -2.24. The van der Waals surface area contributed by atoms with Gasteiger partial charge in [-0.05, 0) is 55.3 Å². The van der Waals surface area contributed by atoms with Gasteiger partial charge >= 0.3 is 0 Å². The van der Waals surface area contributed by atoms with E-state index in [2.05, 4.69) is 40.3 Å². The van der Waals surface area contributed by atoms with Crippen molar-refractivity contribution < 1.29 is 13.9 Å². The van der Waals surface area contributed by atoms with Crippen LogP contribution >= 0.6 is 0 Å². The van der Waals surface area contributed by atoms with Gasteiger partial charge in [-0.1, -0.05) is 18.2 Å². The number of nitrogens with zero attached hydrogens (tertiary/aromatic N) is 3. The average molecular weight is 443 g/mol. The second-order valence-electron chi connectivity index (χ2n) is 8.29. The Morgan fingerprint density at radius 2 is 2.00 bits per heavy atom. The maximum atomic E-state index is 13.0. The summed E-state index contributed by atoms with van der Waals surface area (Å²) in [6.45, 7) is 3.12. The molecule has 7 heteroatoms. The zero-order valence-electron chi connectivity index (χ0n) is 18.7. The molecule has 1 N–H and O–H groups in total. The number of ether oxygens (including phenoxy) is 1. The number of imidazole rings is 1. The number of fused-ring (bicyclic) bond motifs is 1. The zero-order chi connectivity index (χ0) is 22.8. The van der Waals surface area contributed by atoms with Crippen molar-refractivity contribution >= 4 is 17.3 Å². The highest BCUT2D eigenvalue weighted by molar-refractivity contribution is 6.05. The summed E-state index contributed by atoms with van der Waals surface area (Å²) in [7, 11) is 1.93. The molecular weight excluding hydrogens is 416 g/mol. The van der Waals surface area contributed by atoms with Gasteiger partial charge < -0.3 is 23.9 Å². The van der Waals surface area contributed by atoms with E-state index in [9.17, 15) is 4.79 Å². The summed E-state index contributed by atoms with van der Waals surface area (Å²) in [6, 6.07) is 17.8. The average Bonchev–Trinajstić information content (AvgIpc) is 3.53. The Hall–Kier alpha value is -4.00. The lowest BCUT2D eigenvalue weighted by atomic mass is 10.1. The van der Waals surface area contributed by atoms with Gasteiger partial charge in [0.25, 0.3) is 5.91 Å². The van der Waals surface area contributed by atoms with Crippen molar-refractivity contribution in [3.63, 3.8) is 0 Å². The number of anilines is 2. The Labute approximate surface area is 192 Å². The maximum absolute atomic E-state index is 13.0. The fourth-order valence-electron chi connectivity index (χ4n) is 4.21. The topological polar surface area (TPSA) is 72.5 Å². The van der Waals surface area contributed by atoms with Gasteiger partial charge in [-0.3, -0.25) is 4.79 Å². The number of carbonyl (C=O) groups is 1. The van der Waals surface area contributed by atoms with Crippen LogP contribution in [-0.2, 0) is 26.6 Å². The molecule has 0 spiro atoms.